The number of hydrogen-bond acceptors (Lipinski definition) is 3. The minimum absolute atomic E-state index is 0.237. The third kappa shape index (κ3) is 5.71. The molecule has 0 aromatic rings. The molecule has 0 aromatic heterocycles. The van der Waals surface area contributed by atoms with Crippen molar-refractivity contribution >= 4 is 0 Å². The summed E-state index contributed by atoms with van der Waals surface area (Å²) in [6.07, 6.45) is 9.87. The van der Waals surface area contributed by atoms with Crippen molar-refractivity contribution < 1.29 is 9.47 Å². The van der Waals surface area contributed by atoms with Gasteiger partial charge in [0.25, 0.3) is 0 Å². The summed E-state index contributed by atoms with van der Waals surface area (Å²) in [5.41, 5.74) is 0.418. The molecular weight excluding hydrogens is 298 g/mol. The van der Waals surface area contributed by atoms with Crippen LogP contribution < -0.4 is 0 Å². The van der Waals surface area contributed by atoms with E-state index < -0.39 is 0 Å². The Morgan fingerprint density at radius 2 is 1.62 bits per heavy atom. The van der Waals surface area contributed by atoms with E-state index in [1.807, 2.05) is 0 Å². The van der Waals surface area contributed by atoms with Gasteiger partial charge in [0, 0.05) is 12.8 Å². The van der Waals surface area contributed by atoms with E-state index in [1.54, 1.807) is 0 Å². The van der Waals surface area contributed by atoms with E-state index in [2.05, 4.69) is 39.5 Å². The minimum atomic E-state index is -0.237. The van der Waals surface area contributed by atoms with Gasteiger partial charge in [-0.3, -0.25) is 0 Å². The highest BCUT2D eigenvalue weighted by atomic mass is 16.7. The lowest BCUT2D eigenvalue weighted by atomic mass is 9.71. The van der Waals surface area contributed by atoms with Gasteiger partial charge in [-0.25, -0.2) is 0 Å². The molecule has 1 spiro atoms. The Balaban J connectivity index is 1.70. The van der Waals surface area contributed by atoms with Gasteiger partial charge in [0.05, 0.1) is 12.7 Å². The molecule has 0 amide bonds. The van der Waals surface area contributed by atoms with Gasteiger partial charge >= 0.3 is 0 Å². The van der Waals surface area contributed by atoms with Crippen LogP contribution in [0.25, 0.3) is 0 Å². The molecule has 1 atom stereocenters. The van der Waals surface area contributed by atoms with Gasteiger partial charge < -0.3 is 14.4 Å². The van der Waals surface area contributed by atoms with Crippen LogP contribution in [0, 0.1) is 11.3 Å². The zero-order valence-corrected chi connectivity index (χ0v) is 16.9. The molecule has 2 aliphatic rings. The first-order valence-corrected chi connectivity index (χ1v) is 10.4. The van der Waals surface area contributed by atoms with Crippen LogP contribution in [0.3, 0.4) is 0 Å². The van der Waals surface area contributed by atoms with Crippen molar-refractivity contribution in [2.75, 3.05) is 26.2 Å². The molecule has 142 valence electrons. The Hall–Kier alpha value is -0.120. The van der Waals surface area contributed by atoms with E-state index >= 15 is 0 Å². The predicted octanol–water partition coefficient (Wildman–Crippen LogP) is 5.24. The fraction of sp³-hybridized carbons (Fsp3) is 1.00. The summed E-state index contributed by atoms with van der Waals surface area (Å²) in [5.74, 6) is 0.574. The maximum absolute atomic E-state index is 6.41. The van der Waals surface area contributed by atoms with Crippen molar-refractivity contribution in [1.29, 1.82) is 0 Å². The van der Waals surface area contributed by atoms with E-state index in [0.717, 1.165) is 31.8 Å². The molecule has 1 heterocycles. The van der Waals surface area contributed by atoms with Gasteiger partial charge in [-0.15, -0.1) is 0 Å². The third-order valence-electron chi connectivity index (χ3n) is 5.97. The van der Waals surface area contributed by atoms with Gasteiger partial charge in [-0.1, -0.05) is 34.6 Å². The molecule has 0 radical (unpaired) electrons. The van der Waals surface area contributed by atoms with Gasteiger partial charge in [0.15, 0.2) is 5.79 Å². The summed E-state index contributed by atoms with van der Waals surface area (Å²) in [4.78, 5) is 2.60. The molecule has 0 N–H and O–H groups in total. The quantitative estimate of drug-likeness (QED) is 0.604. The summed E-state index contributed by atoms with van der Waals surface area (Å²) in [6, 6.07) is 0. The first-order chi connectivity index (χ1) is 11.4. The van der Waals surface area contributed by atoms with E-state index in [-0.39, 0.29) is 5.79 Å². The first kappa shape index (κ1) is 20.2. The Morgan fingerprint density at radius 3 is 2.17 bits per heavy atom. The van der Waals surface area contributed by atoms with Crippen LogP contribution in [0.15, 0.2) is 0 Å². The van der Waals surface area contributed by atoms with Gasteiger partial charge in [-0.2, -0.15) is 0 Å². The lowest BCUT2D eigenvalue weighted by Crippen LogP contribution is -2.38. The lowest BCUT2D eigenvalue weighted by molar-refractivity contribution is -0.197. The summed E-state index contributed by atoms with van der Waals surface area (Å²) in [5, 5.41) is 0. The minimum Gasteiger partial charge on any atom is -0.347 e. The van der Waals surface area contributed by atoms with Crippen molar-refractivity contribution in [3.8, 4) is 0 Å². The Kier molecular flexibility index (Phi) is 7.58. The van der Waals surface area contributed by atoms with E-state index in [0.29, 0.717) is 11.5 Å². The monoisotopic (exact) mass is 339 g/mol. The number of hydrogen-bond donors (Lipinski definition) is 0. The van der Waals surface area contributed by atoms with Crippen molar-refractivity contribution in [3.63, 3.8) is 0 Å². The Morgan fingerprint density at radius 1 is 1.00 bits per heavy atom. The molecule has 1 aliphatic heterocycles. The van der Waals surface area contributed by atoms with Crippen molar-refractivity contribution in [1.82, 2.24) is 4.90 Å². The highest BCUT2D eigenvalue weighted by molar-refractivity contribution is 4.88. The second-order valence-corrected chi connectivity index (χ2v) is 9.09. The molecule has 24 heavy (non-hydrogen) atoms. The molecule has 1 saturated heterocycles. The second-order valence-electron chi connectivity index (χ2n) is 9.09. The maximum atomic E-state index is 6.41. The third-order valence-corrected chi connectivity index (χ3v) is 5.97. The van der Waals surface area contributed by atoms with Crippen molar-refractivity contribution in [2.45, 2.75) is 97.9 Å². The molecule has 1 unspecified atom stereocenters. The smallest absolute Gasteiger partial charge is 0.168 e. The molecule has 1 saturated carbocycles. The fourth-order valence-electron chi connectivity index (χ4n) is 4.46. The average molecular weight is 340 g/mol. The largest absolute Gasteiger partial charge is 0.347 e. The summed E-state index contributed by atoms with van der Waals surface area (Å²) >= 11 is 0. The lowest BCUT2D eigenvalue weighted by Gasteiger charge is -2.41. The number of nitrogens with zero attached hydrogens (tertiary/aromatic N) is 1. The second kappa shape index (κ2) is 9.00. The summed E-state index contributed by atoms with van der Waals surface area (Å²) < 4.78 is 12.6. The van der Waals surface area contributed by atoms with Crippen LogP contribution in [0.2, 0.25) is 0 Å². The molecule has 2 fully saturated rings. The highest BCUT2D eigenvalue weighted by Crippen LogP contribution is 2.45. The Bertz CT molecular complexity index is 349. The van der Waals surface area contributed by atoms with Crippen LogP contribution in [-0.4, -0.2) is 43.0 Å². The normalized spacial score (nSPS) is 31.2. The van der Waals surface area contributed by atoms with Gasteiger partial charge in [-0.05, 0) is 69.5 Å². The molecule has 3 nitrogen and oxygen atoms in total. The van der Waals surface area contributed by atoms with Crippen molar-refractivity contribution in [2.24, 2.45) is 11.3 Å². The highest BCUT2D eigenvalue weighted by Gasteiger charge is 2.45. The van der Waals surface area contributed by atoms with E-state index in [4.69, 9.17) is 9.47 Å². The zero-order chi connectivity index (χ0) is 17.6. The van der Waals surface area contributed by atoms with Gasteiger partial charge in [0.1, 0.15) is 0 Å². The standard InChI is InChI=1S/C21H41NO2/c1-6-14-22(15-7-2)16-8-9-19-17-23-21(24-19)12-10-18(11-13-21)20(3,4)5/h18-19H,6-17H2,1-5H3. The molecule has 0 bridgehead atoms. The Labute approximate surface area is 150 Å². The average Bonchev–Trinajstić information content (AvgIpc) is 2.90. The fourth-order valence-corrected chi connectivity index (χ4v) is 4.46. The maximum Gasteiger partial charge on any atom is 0.168 e. The van der Waals surface area contributed by atoms with Crippen LogP contribution >= 0.6 is 0 Å². The molecule has 2 rings (SSSR count). The topological polar surface area (TPSA) is 21.7 Å². The van der Waals surface area contributed by atoms with Gasteiger partial charge in [0.2, 0.25) is 0 Å². The summed E-state index contributed by atoms with van der Waals surface area (Å²) in [6.45, 7) is 16.1. The molecule has 0 aromatic carbocycles. The summed E-state index contributed by atoms with van der Waals surface area (Å²) in [7, 11) is 0. The zero-order valence-electron chi connectivity index (χ0n) is 16.9. The molecule has 1 aliphatic carbocycles. The SMILES string of the molecule is CCCN(CCC)CCCC1COC2(CCC(C(C)(C)C)CC2)O1. The van der Waals surface area contributed by atoms with E-state index in [1.165, 1.54) is 51.7 Å². The van der Waals surface area contributed by atoms with Crippen LogP contribution in [0.5, 0.6) is 0 Å². The van der Waals surface area contributed by atoms with Crippen LogP contribution in [0.1, 0.15) is 86.0 Å². The predicted molar refractivity (Wildman–Crippen MR) is 101 cm³/mol. The molecular formula is C21H41NO2. The molecule has 3 heteroatoms. The van der Waals surface area contributed by atoms with Crippen LogP contribution in [0.4, 0.5) is 0 Å². The van der Waals surface area contributed by atoms with Crippen LogP contribution in [-0.2, 0) is 9.47 Å². The number of ether oxygens (including phenoxy) is 2. The number of rotatable bonds is 8. The van der Waals surface area contributed by atoms with E-state index in [9.17, 15) is 0 Å². The van der Waals surface area contributed by atoms with Crippen molar-refractivity contribution in [3.05, 3.63) is 0 Å². The first-order valence-electron chi connectivity index (χ1n) is 10.4.